The van der Waals surface area contributed by atoms with Gasteiger partial charge in [0.1, 0.15) is 5.70 Å². The van der Waals surface area contributed by atoms with Gasteiger partial charge in [-0.1, -0.05) is 6.08 Å². The van der Waals surface area contributed by atoms with Crippen molar-refractivity contribution in [1.82, 2.24) is 5.32 Å². The van der Waals surface area contributed by atoms with E-state index in [0.29, 0.717) is 6.08 Å². The van der Waals surface area contributed by atoms with Crippen molar-refractivity contribution in [1.29, 1.82) is 0 Å². The highest BCUT2D eigenvalue weighted by atomic mass is 16.4. The molecule has 66 valence electrons. The molecular weight excluding hydrogens is 162 g/mol. The van der Waals surface area contributed by atoms with Crippen LogP contribution in [-0.4, -0.2) is 28.7 Å². The molecule has 0 amide bonds. The summed E-state index contributed by atoms with van der Waals surface area (Å²) in [5.41, 5.74) is -0.359. The maximum atomic E-state index is 10.3. The lowest BCUT2D eigenvalue weighted by atomic mass is 10.4. The van der Waals surface area contributed by atoms with Crippen LogP contribution in [0.1, 0.15) is 0 Å². The first-order chi connectivity index (χ1) is 5.57. The third-order valence-corrected chi connectivity index (χ3v) is 0.935. The summed E-state index contributed by atoms with van der Waals surface area (Å²) in [6.45, 7) is 3.55. The zero-order chi connectivity index (χ0) is 9.56. The van der Waals surface area contributed by atoms with Crippen LogP contribution in [0.4, 0.5) is 0 Å². The minimum absolute atomic E-state index is 0.214. The molecule has 0 heterocycles. The van der Waals surface area contributed by atoms with E-state index in [-0.39, 0.29) is 12.2 Å². The molecular formula is C7H9NO4. The standard InChI is InChI=1S/C7H9NO4/c1-2-3-8-5(7(11)12)4-6(9)10/h2,4,8H,1,3H2,(H,9,10)(H,11,12). The molecule has 0 saturated heterocycles. The van der Waals surface area contributed by atoms with E-state index in [0.717, 1.165) is 0 Å². The van der Waals surface area contributed by atoms with Crippen molar-refractivity contribution in [2.24, 2.45) is 0 Å². The molecule has 0 unspecified atom stereocenters. The first-order valence-electron chi connectivity index (χ1n) is 3.10. The molecule has 0 saturated carbocycles. The van der Waals surface area contributed by atoms with Crippen molar-refractivity contribution < 1.29 is 19.8 Å². The fourth-order valence-corrected chi connectivity index (χ4v) is 0.494. The first-order valence-corrected chi connectivity index (χ1v) is 3.10. The molecule has 0 aliphatic carbocycles. The van der Waals surface area contributed by atoms with Crippen LogP contribution in [0.25, 0.3) is 0 Å². The van der Waals surface area contributed by atoms with E-state index in [2.05, 4.69) is 11.9 Å². The van der Waals surface area contributed by atoms with Crippen LogP contribution in [0.5, 0.6) is 0 Å². The largest absolute Gasteiger partial charge is 0.478 e. The molecule has 0 atom stereocenters. The summed E-state index contributed by atoms with van der Waals surface area (Å²) in [6, 6.07) is 0. The van der Waals surface area contributed by atoms with Gasteiger partial charge in [-0.2, -0.15) is 0 Å². The van der Waals surface area contributed by atoms with Gasteiger partial charge in [-0.3, -0.25) is 0 Å². The summed E-state index contributed by atoms with van der Waals surface area (Å²) < 4.78 is 0. The van der Waals surface area contributed by atoms with Gasteiger partial charge in [-0.05, 0) is 0 Å². The van der Waals surface area contributed by atoms with Crippen LogP contribution in [-0.2, 0) is 9.59 Å². The van der Waals surface area contributed by atoms with Gasteiger partial charge in [0.15, 0.2) is 0 Å². The van der Waals surface area contributed by atoms with Crippen molar-refractivity contribution in [2.75, 3.05) is 6.54 Å². The van der Waals surface area contributed by atoms with Crippen LogP contribution in [0.3, 0.4) is 0 Å². The molecule has 3 N–H and O–H groups in total. The fourth-order valence-electron chi connectivity index (χ4n) is 0.494. The number of nitrogens with one attached hydrogen (secondary N) is 1. The Balaban J connectivity index is 4.32. The molecule has 0 aromatic heterocycles. The molecule has 5 heteroatoms. The molecule has 0 aliphatic rings. The van der Waals surface area contributed by atoms with E-state index in [1.54, 1.807) is 0 Å². The summed E-state index contributed by atoms with van der Waals surface area (Å²) in [5, 5.41) is 19.0. The third-order valence-electron chi connectivity index (χ3n) is 0.935. The van der Waals surface area contributed by atoms with Crippen LogP contribution < -0.4 is 5.32 Å². The monoisotopic (exact) mass is 171 g/mol. The topological polar surface area (TPSA) is 86.6 Å². The molecule has 0 aliphatic heterocycles. The molecule has 0 aromatic carbocycles. The highest BCUT2D eigenvalue weighted by molar-refractivity contribution is 5.94. The van der Waals surface area contributed by atoms with Crippen LogP contribution >= 0.6 is 0 Å². The Bertz CT molecular complexity index is 232. The zero-order valence-corrected chi connectivity index (χ0v) is 6.28. The van der Waals surface area contributed by atoms with Gasteiger partial charge < -0.3 is 15.5 Å². The second kappa shape index (κ2) is 4.95. The smallest absolute Gasteiger partial charge is 0.352 e. The van der Waals surface area contributed by atoms with Crippen molar-refractivity contribution in [3.63, 3.8) is 0 Å². The van der Waals surface area contributed by atoms with Gasteiger partial charge in [0.05, 0.1) is 6.08 Å². The van der Waals surface area contributed by atoms with Crippen LogP contribution in [0.2, 0.25) is 0 Å². The van der Waals surface area contributed by atoms with E-state index in [1.165, 1.54) is 6.08 Å². The lowest BCUT2D eigenvalue weighted by Crippen LogP contribution is -2.21. The average molecular weight is 171 g/mol. The van der Waals surface area contributed by atoms with Crippen molar-refractivity contribution in [3.8, 4) is 0 Å². The summed E-state index contributed by atoms with van der Waals surface area (Å²) in [7, 11) is 0. The summed E-state index contributed by atoms with van der Waals surface area (Å²) >= 11 is 0. The number of aliphatic carboxylic acids is 2. The number of hydrogen-bond donors (Lipinski definition) is 3. The van der Waals surface area contributed by atoms with Gasteiger partial charge >= 0.3 is 11.9 Å². The summed E-state index contributed by atoms with van der Waals surface area (Å²) in [6.07, 6.45) is 2.02. The number of carbonyl (C=O) groups is 2. The molecule has 0 spiro atoms. The molecule has 5 nitrogen and oxygen atoms in total. The van der Waals surface area contributed by atoms with Crippen molar-refractivity contribution in [2.45, 2.75) is 0 Å². The quantitative estimate of drug-likeness (QED) is 0.394. The SMILES string of the molecule is C=CCNC(=CC(=O)O)C(=O)O. The van der Waals surface area contributed by atoms with Gasteiger partial charge in [-0.15, -0.1) is 6.58 Å². The Morgan fingerprint density at radius 2 is 2.00 bits per heavy atom. The Morgan fingerprint density at radius 3 is 2.33 bits per heavy atom. The van der Waals surface area contributed by atoms with Gasteiger partial charge in [0.25, 0.3) is 0 Å². The van der Waals surface area contributed by atoms with Gasteiger partial charge in [0.2, 0.25) is 0 Å². The number of hydrogen-bond acceptors (Lipinski definition) is 3. The minimum atomic E-state index is -1.31. The predicted octanol–water partition coefficient (Wildman–Crippen LogP) is -0.185. The highest BCUT2D eigenvalue weighted by Crippen LogP contribution is 1.88. The van der Waals surface area contributed by atoms with E-state index in [9.17, 15) is 9.59 Å². The van der Waals surface area contributed by atoms with Crippen molar-refractivity contribution in [3.05, 3.63) is 24.4 Å². The number of carboxylic acid groups (broad SMARTS) is 2. The second-order valence-electron chi connectivity index (χ2n) is 1.87. The Morgan fingerprint density at radius 1 is 1.42 bits per heavy atom. The van der Waals surface area contributed by atoms with Gasteiger partial charge in [0, 0.05) is 6.54 Å². The maximum Gasteiger partial charge on any atom is 0.352 e. The normalized spacial score (nSPS) is 10.5. The molecule has 0 bridgehead atoms. The molecule has 0 rings (SSSR count). The molecule has 0 radical (unpaired) electrons. The summed E-state index contributed by atoms with van der Waals surface area (Å²) in [5.74, 6) is -2.61. The van der Waals surface area contributed by atoms with E-state index in [1.807, 2.05) is 0 Å². The van der Waals surface area contributed by atoms with Crippen LogP contribution in [0, 0.1) is 0 Å². The lowest BCUT2D eigenvalue weighted by Gasteiger charge is -2.01. The Kier molecular flexibility index (Phi) is 4.21. The highest BCUT2D eigenvalue weighted by Gasteiger charge is 2.06. The molecule has 0 fully saturated rings. The number of rotatable bonds is 5. The Hall–Kier alpha value is -1.78. The lowest BCUT2D eigenvalue weighted by molar-refractivity contribution is -0.135. The van der Waals surface area contributed by atoms with E-state index in [4.69, 9.17) is 10.2 Å². The fraction of sp³-hybridized carbons (Fsp3) is 0.143. The zero-order valence-electron chi connectivity index (χ0n) is 6.28. The maximum absolute atomic E-state index is 10.3. The van der Waals surface area contributed by atoms with E-state index < -0.39 is 11.9 Å². The Labute approximate surface area is 69.0 Å². The number of carboxylic acids is 2. The molecule has 0 aromatic rings. The van der Waals surface area contributed by atoms with Crippen molar-refractivity contribution >= 4 is 11.9 Å². The van der Waals surface area contributed by atoms with Gasteiger partial charge in [-0.25, -0.2) is 9.59 Å². The summed E-state index contributed by atoms with van der Waals surface area (Å²) in [4.78, 5) is 20.4. The third kappa shape index (κ3) is 4.10. The predicted molar refractivity (Wildman–Crippen MR) is 41.6 cm³/mol. The second-order valence-corrected chi connectivity index (χ2v) is 1.87. The first kappa shape index (κ1) is 10.2. The average Bonchev–Trinajstić information content (AvgIpc) is 1.96. The molecule has 12 heavy (non-hydrogen) atoms. The van der Waals surface area contributed by atoms with Crippen LogP contribution in [0.15, 0.2) is 24.4 Å². The minimum Gasteiger partial charge on any atom is -0.478 e. The van der Waals surface area contributed by atoms with E-state index >= 15 is 0 Å².